The van der Waals surface area contributed by atoms with Crippen LogP contribution in [0.3, 0.4) is 0 Å². The molecule has 3 aromatic rings. The minimum absolute atomic E-state index is 0.0762. The van der Waals surface area contributed by atoms with Crippen molar-refractivity contribution in [2.45, 2.75) is 13.5 Å². The molecule has 1 heterocycles. The predicted octanol–water partition coefficient (Wildman–Crippen LogP) is 4.56. The fraction of sp³-hybridized carbons (Fsp3) is 0.105. The van der Waals surface area contributed by atoms with Gasteiger partial charge in [-0.05, 0) is 48.5 Å². The Morgan fingerprint density at radius 1 is 1.08 bits per heavy atom. The van der Waals surface area contributed by atoms with E-state index in [1.807, 2.05) is 5.38 Å². The molecule has 2 aromatic carbocycles. The molecule has 7 heteroatoms. The minimum Gasteiger partial charge on any atom is -0.487 e. The van der Waals surface area contributed by atoms with Gasteiger partial charge in [0.2, 0.25) is 5.91 Å². The van der Waals surface area contributed by atoms with Gasteiger partial charge >= 0.3 is 0 Å². The highest BCUT2D eigenvalue weighted by molar-refractivity contribution is 7.13. The summed E-state index contributed by atoms with van der Waals surface area (Å²) in [5.41, 5.74) is 1.87. The number of rotatable bonds is 6. The van der Waals surface area contributed by atoms with Gasteiger partial charge in [0, 0.05) is 28.5 Å². The molecule has 5 nitrogen and oxygen atoms in total. The van der Waals surface area contributed by atoms with Crippen LogP contribution >= 0.6 is 22.9 Å². The van der Waals surface area contributed by atoms with Crippen LogP contribution in [0.25, 0.3) is 0 Å². The lowest BCUT2D eigenvalue weighted by atomic mass is 10.0. The largest absolute Gasteiger partial charge is 0.487 e. The number of halogens is 1. The first kappa shape index (κ1) is 18.1. The van der Waals surface area contributed by atoms with E-state index in [0.29, 0.717) is 27.0 Å². The fourth-order valence-electron chi connectivity index (χ4n) is 2.21. The summed E-state index contributed by atoms with van der Waals surface area (Å²) < 4.78 is 5.67. The number of carbonyl (C=O) groups excluding carboxylic acids is 2. The average Bonchev–Trinajstić information content (AvgIpc) is 3.07. The average molecular weight is 387 g/mol. The SMILES string of the molecule is CC(=O)Nc1nc(COc2ccc(C(=O)c3ccc(Cl)cc3)cc2)cs1. The Morgan fingerprint density at radius 2 is 1.69 bits per heavy atom. The Morgan fingerprint density at radius 3 is 2.31 bits per heavy atom. The van der Waals surface area contributed by atoms with Crippen LogP contribution in [0.15, 0.2) is 53.9 Å². The van der Waals surface area contributed by atoms with Gasteiger partial charge in [-0.2, -0.15) is 0 Å². The lowest BCUT2D eigenvalue weighted by Gasteiger charge is -2.06. The Bertz CT molecular complexity index is 921. The number of ether oxygens (including phenoxy) is 1. The number of nitrogens with one attached hydrogen (secondary N) is 1. The van der Waals surface area contributed by atoms with Crippen molar-refractivity contribution in [3.05, 3.63) is 75.8 Å². The van der Waals surface area contributed by atoms with Crippen molar-refractivity contribution in [1.82, 2.24) is 4.98 Å². The van der Waals surface area contributed by atoms with Crippen LogP contribution in [0.4, 0.5) is 5.13 Å². The highest BCUT2D eigenvalue weighted by atomic mass is 35.5. The lowest BCUT2D eigenvalue weighted by molar-refractivity contribution is -0.114. The minimum atomic E-state index is -0.159. The van der Waals surface area contributed by atoms with E-state index in [2.05, 4.69) is 10.3 Å². The van der Waals surface area contributed by atoms with Gasteiger partial charge in [-0.15, -0.1) is 11.3 Å². The topological polar surface area (TPSA) is 68.3 Å². The second-order valence-electron chi connectivity index (χ2n) is 5.47. The summed E-state index contributed by atoms with van der Waals surface area (Å²) in [7, 11) is 0. The third-order valence-electron chi connectivity index (χ3n) is 3.44. The summed E-state index contributed by atoms with van der Waals surface area (Å²) >= 11 is 7.18. The predicted molar refractivity (Wildman–Crippen MR) is 102 cm³/mol. The van der Waals surface area contributed by atoms with Crippen LogP contribution in [0.5, 0.6) is 5.75 Å². The number of hydrogen-bond donors (Lipinski definition) is 1. The Balaban J connectivity index is 1.60. The number of thiazole rings is 1. The van der Waals surface area contributed by atoms with Gasteiger partial charge < -0.3 is 10.1 Å². The van der Waals surface area contributed by atoms with E-state index in [4.69, 9.17) is 16.3 Å². The quantitative estimate of drug-likeness (QED) is 0.630. The third-order valence-corrected chi connectivity index (χ3v) is 4.50. The number of aromatic nitrogens is 1. The van der Waals surface area contributed by atoms with E-state index in [1.165, 1.54) is 18.3 Å². The molecule has 3 rings (SSSR count). The molecule has 0 radical (unpaired) electrons. The maximum absolute atomic E-state index is 12.4. The van der Waals surface area contributed by atoms with Gasteiger partial charge in [0.1, 0.15) is 12.4 Å². The van der Waals surface area contributed by atoms with Crippen LogP contribution in [-0.4, -0.2) is 16.7 Å². The molecule has 0 aliphatic rings. The molecular formula is C19H15ClN2O3S. The van der Waals surface area contributed by atoms with Gasteiger partial charge in [-0.3, -0.25) is 9.59 Å². The molecule has 0 unspecified atom stereocenters. The smallest absolute Gasteiger partial charge is 0.223 e. The number of hydrogen-bond acceptors (Lipinski definition) is 5. The van der Waals surface area contributed by atoms with Crippen molar-refractivity contribution in [2.75, 3.05) is 5.32 Å². The number of benzene rings is 2. The molecule has 0 fully saturated rings. The van der Waals surface area contributed by atoms with E-state index in [-0.39, 0.29) is 18.3 Å². The maximum Gasteiger partial charge on any atom is 0.223 e. The van der Waals surface area contributed by atoms with E-state index >= 15 is 0 Å². The third kappa shape index (κ3) is 4.68. The van der Waals surface area contributed by atoms with Crippen molar-refractivity contribution in [3.8, 4) is 5.75 Å². The molecule has 1 N–H and O–H groups in total. The molecule has 132 valence electrons. The summed E-state index contributed by atoms with van der Waals surface area (Å²) in [6.45, 7) is 1.71. The first-order chi connectivity index (χ1) is 12.5. The molecule has 0 saturated carbocycles. The van der Waals surface area contributed by atoms with Crippen molar-refractivity contribution >= 4 is 39.8 Å². The van der Waals surface area contributed by atoms with Gasteiger partial charge in [0.15, 0.2) is 10.9 Å². The van der Waals surface area contributed by atoms with Crippen molar-refractivity contribution < 1.29 is 14.3 Å². The number of ketones is 1. The second-order valence-corrected chi connectivity index (χ2v) is 6.77. The number of nitrogens with zero attached hydrogens (tertiary/aromatic N) is 1. The van der Waals surface area contributed by atoms with Crippen LogP contribution in [-0.2, 0) is 11.4 Å². The van der Waals surface area contributed by atoms with Crippen molar-refractivity contribution in [3.63, 3.8) is 0 Å². The Labute approximate surface area is 159 Å². The zero-order chi connectivity index (χ0) is 18.5. The maximum atomic E-state index is 12.4. The van der Waals surface area contributed by atoms with E-state index in [0.717, 1.165) is 5.69 Å². The van der Waals surface area contributed by atoms with E-state index in [9.17, 15) is 9.59 Å². The monoisotopic (exact) mass is 386 g/mol. The lowest BCUT2D eigenvalue weighted by Crippen LogP contribution is -2.05. The number of amides is 1. The highest BCUT2D eigenvalue weighted by Crippen LogP contribution is 2.20. The summed E-state index contributed by atoms with van der Waals surface area (Å²) in [5.74, 6) is 0.396. The van der Waals surface area contributed by atoms with Crippen LogP contribution in [0, 0.1) is 0 Å². The molecular weight excluding hydrogens is 372 g/mol. The molecule has 1 aromatic heterocycles. The molecule has 0 spiro atoms. The molecule has 0 saturated heterocycles. The van der Waals surface area contributed by atoms with Crippen LogP contribution < -0.4 is 10.1 Å². The van der Waals surface area contributed by atoms with Gasteiger partial charge in [0.25, 0.3) is 0 Å². The first-order valence-corrected chi connectivity index (χ1v) is 9.02. The first-order valence-electron chi connectivity index (χ1n) is 7.76. The summed E-state index contributed by atoms with van der Waals surface area (Å²) in [6, 6.07) is 13.7. The molecule has 26 heavy (non-hydrogen) atoms. The van der Waals surface area contributed by atoms with Crippen LogP contribution in [0.1, 0.15) is 28.5 Å². The summed E-state index contributed by atoms with van der Waals surface area (Å²) in [5, 5.41) is 5.59. The Hall–Kier alpha value is -2.70. The van der Waals surface area contributed by atoms with Gasteiger partial charge in [-0.25, -0.2) is 4.98 Å². The van der Waals surface area contributed by atoms with Gasteiger partial charge in [0.05, 0.1) is 5.69 Å². The molecule has 0 atom stereocenters. The number of carbonyl (C=O) groups is 2. The fourth-order valence-corrected chi connectivity index (χ4v) is 3.08. The Kier molecular flexibility index (Phi) is 5.65. The van der Waals surface area contributed by atoms with E-state index in [1.54, 1.807) is 48.5 Å². The molecule has 1 amide bonds. The zero-order valence-corrected chi connectivity index (χ0v) is 15.4. The highest BCUT2D eigenvalue weighted by Gasteiger charge is 2.09. The summed E-state index contributed by atoms with van der Waals surface area (Å²) in [4.78, 5) is 27.7. The van der Waals surface area contributed by atoms with Crippen molar-refractivity contribution in [2.24, 2.45) is 0 Å². The van der Waals surface area contributed by atoms with Crippen molar-refractivity contribution in [1.29, 1.82) is 0 Å². The standard InChI is InChI=1S/C19H15ClN2O3S/c1-12(23)21-19-22-16(11-26-19)10-25-17-8-4-14(5-9-17)18(24)13-2-6-15(20)7-3-13/h2-9,11H,10H2,1H3,(H,21,22,23). The zero-order valence-electron chi connectivity index (χ0n) is 13.9. The normalized spacial score (nSPS) is 10.4. The molecule has 0 bridgehead atoms. The summed E-state index contributed by atoms with van der Waals surface area (Å²) in [6.07, 6.45) is 0. The molecule has 0 aliphatic carbocycles. The van der Waals surface area contributed by atoms with Gasteiger partial charge in [-0.1, -0.05) is 11.6 Å². The second kappa shape index (κ2) is 8.12. The van der Waals surface area contributed by atoms with E-state index < -0.39 is 0 Å². The van der Waals surface area contributed by atoms with Crippen LogP contribution in [0.2, 0.25) is 5.02 Å². The molecule has 0 aliphatic heterocycles. The number of anilines is 1.